The average molecular weight is 306 g/mol. The lowest BCUT2D eigenvalue weighted by Gasteiger charge is -2.07. The van der Waals surface area contributed by atoms with Gasteiger partial charge in [0.25, 0.3) is 0 Å². The Kier molecular flexibility index (Phi) is 3.26. The quantitative estimate of drug-likeness (QED) is 0.923. The topological polar surface area (TPSA) is 70.9 Å². The van der Waals surface area contributed by atoms with E-state index in [0.717, 1.165) is 10.2 Å². The number of nitrogens with two attached hydrogens (primary N) is 1. The minimum absolute atomic E-state index is 0.347. The van der Waals surface area contributed by atoms with Crippen molar-refractivity contribution in [1.82, 2.24) is 9.78 Å². The lowest BCUT2D eigenvalue weighted by molar-refractivity contribution is 0.874. The maximum atomic E-state index is 9.14. The van der Waals surface area contributed by atoms with Gasteiger partial charge in [-0.1, -0.05) is 22.0 Å². The standard InChI is InChI=1S/C12H12BrN5/c1-17(2)12-10(7-14)11(15)18(16-12)9-5-3-4-8(13)6-9/h3-6H,15H2,1-2H3. The lowest BCUT2D eigenvalue weighted by Crippen LogP contribution is -2.11. The zero-order chi connectivity index (χ0) is 13.3. The van der Waals surface area contributed by atoms with Gasteiger partial charge in [0.2, 0.25) is 0 Å². The molecule has 5 nitrogen and oxygen atoms in total. The molecule has 1 aromatic carbocycles. The second-order valence-corrected chi connectivity index (χ2v) is 4.90. The van der Waals surface area contributed by atoms with E-state index in [1.54, 1.807) is 9.58 Å². The highest BCUT2D eigenvalue weighted by atomic mass is 79.9. The third-order valence-electron chi connectivity index (χ3n) is 2.49. The zero-order valence-corrected chi connectivity index (χ0v) is 11.6. The van der Waals surface area contributed by atoms with Gasteiger partial charge in [-0.15, -0.1) is 5.10 Å². The molecular formula is C12H12BrN5. The fourth-order valence-electron chi connectivity index (χ4n) is 1.64. The van der Waals surface area contributed by atoms with E-state index in [-0.39, 0.29) is 0 Å². The Labute approximate surface area is 114 Å². The van der Waals surface area contributed by atoms with Crippen LogP contribution in [-0.4, -0.2) is 23.9 Å². The van der Waals surface area contributed by atoms with Gasteiger partial charge < -0.3 is 10.6 Å². The van der Waals surface area contributed by atoms with Gasteiger partial charge in [0.05, 0.1) is 5.69 Å². The van der Waals surface area contributed by atoms with E-state index in [1.165, 1.54) is 0 Å². The van der Waals surface area contributed by atoms with Crippen molar-refractivity contribution in [3.05, 3.63) is 34.3 Å². The molecule has 0 bridgehead atoms. The molecular weight excluding hydrogens is 294 g/mol. The molecule has 6 heteroatoms. The van der Waals surface area contributed by atoms with Crippen molar-refractivity contribution in [3.63, 3.8) is 0 Å². The molecule has 1 heterocycles. The number of nitrogens with zero attached hydrogens (tertiary/aromatic N) is 4. The van der Waals surface area contributed by atoms with Crippen molar-refractivity contribution in [2.45, 2.75) is 0 Å². The Morgan fingerprint density at radius 3 is 2.67 bits per heavy atom. The van der Waals surface area contributed by atoms with Gasteiger partial charge in [-0.05, 0) is 18.2 Å². The van der Waals surface area contributed by atoms with Crippen LogP contribution in [0.25, 0.3) is 5.69 Å². The molecule has 2 aromatic rings. The SMILES string of the molecule is CN(C)c1nn(-c2cccc(Br)c2)c(N)c1C#N. The number of hydrogen-bond acceptors (Lipinski definition) is 4. The summed E-state index contributed by atoms with van der Waals surface area (Å²) in [6.45, 7) is 0. The van der Waals surface area contributed by atoms with E-state index in [9.17, 15) is 0 Å². The van der Waals surface area contributed by atoms with Crippen molar-refractivity contribution in [1.29, 1.82) is 5.26 Å². The molecule has 92 valence electrons. The molecule has 0 aliphatic rings. The number of hydrogen-bond donors (Lipinski definition) is 1. The summed E-state index contributed by atoms with van der Waals surface area (Å²) in [7, 11) is 3.65. The molecule has 0 saturated heterocycles. The normalized spacial score (nSPS) is 10.1. The summed E-state index contributed by atoms with van der Waals surface area (Å²) in [5, 5.41) is 13.5. The molecule has 0 amide bonds. The molecule has 0 saturated carbocycles. The number of nitrogen functional groups attached to an aromatic ring is 1. The Bertz CT molecular complexity index is 624. The monoisotopic (exact) mass is 305 g/mol. The molecule has 0 spiro atoms. The molecule has 0 aliphatic carbocycles. The highest BCUT2D eigenvalue weighted by Crippen LogP contribution is 2.26. The minimum Gasteiger partial charge on any atom is -0.382 e. The summed E-state index contributed by atoms with van der Waals surface area (Å²) in [6.07, 6.45) is 0. The van der Waals surface area contributed by atoms with Crippen LogP contribution >= 0.6 is 15.9 Å². The largest absolute Gasteiger partial charge is 0.382 e. The van der Waals surface area contributed by atoms with Crippen LogP contribution in [0.5, 0.6) is 0 Å². The van der Waals surface area contributed by atoms with Crippen LogP contribution in [0.1, 0.15) is 5.56 Å². The predicted octanol–water partition coefficient (Wildman–Crippen LogP) is 2.15. The summed E-state index contributed by atoms with van der Waals surface area (Å²) in [5.41, 5.74) is 7.17. The number of halogens is 1. The van der Waals surface area contributed by atoms with E-state index in [4.69, 9.17) is 11.0 Å². The third-order valence-corrected chi connectivity index (χ3v) is 2.98. The lowest BCUT2D eigenvalue weighted by atomic mass is 10.3. The third kappa shape index (κ3) is 2.05. The Hall–Kier alpha value is -2.00. The van der Waals surface area contributed by atoms with Gasteiger partial charge in [-0.25, -0.2) is 4.68 Å². The molecule has 0 aliphatic heterocycles. The van der Waals surface area contributed by atoms with E-state index in [0.29, 0.717) is 17.2 Å². The first-order valence-electron chi connectivity index (χ1n) is 5.26. The molecule has 1 aromatic heterocycles. The van der Waals surface area contributed by atoms with Crippen LogP contribution in [0.2, 0.25) is 0 Å². The Morgan fingerprint density at radius 1 is 1.44 bits per heavy atom. The second-order valence-electron chi connectivity index (χ2n) is 3.98. The van der Waals surface area contributed by atoms with Gasteiger partial charge in [0.1, 0.15) is 17.5 Å². The number of benzene rings is 1. The number of rotatable bonds is 2. The predicted molar refractivity (Wildman–Crippen MR) is 74.7 cm³/mol. The summed E-state index contributed by atoms with van der Waals surface area (Å²) in [4.78, 5) is 1.77. The van der Waals surface area contributed by atoms with Crippen molar-refractivity contribution in [2.24, 2.45) is 0 Å². The molecule has 0 unspecified atom stereocenters. The van der Waals surface area contributed by atoms with Gasteiger partial charge in [-0.2, -0.15) is 5.26 Å². The summed E-state index contributed by atoms with van der Waals surface area (Å²) < 4.78 is 2.50. The van der Waals surface area contributed by atoms with Crippen LogP contribution in [0.3, 0.4) is 0 Å². The molecule has 0 fully saturated rings. The number of nitriles is 1. The Balaban J connectivity index is 2.63. The second kappa shape index (κ2) is 4.70. The Morgan fingerprint density at radius 2 is 2.17 bits per heavy atom. The molecule has 18 heavy (non-hydrogen) atoms. The van der Waals surface area contributed by atoms with Crippen molar-refractivity contribution in [3.8, 4) is 11.8 Å². The van der Waals surface area contributed by atoms with Crippen LogP contribution in [0.15, 0.2) is 28.7 Å². The van der Waals surface area contributed by atoms with E-state index < -0.39 is 0 Å². The van der Waals surface area contributed by atoms with E-state index >= 15 is 0 Å². The highest BCUT2D eigenvalue weighted by molar-refractivity contribution is 9.10. The fourth-order valence-corrected chi connectivity index (χ4v) is 2.03. The van der Waals surface area contributed by atoms with Crippen molar-refractivity contribution < 1.29 is 0 Å². The van der Waals surface area contributed by atoms with Crippen molar-refractivity contribution in [2.75, 3.05) is 24.7 Å². The maximum absolute atomic E-state index is 9.14. The number of aromatic nitrogens is 2. The first kappa shape index (κ1) is 12.5. The number of anilines is 2. The zero-order valence-electron chi connectivity index (χ0n) is 10.1. The first-order valence-corrected chi connectivity index (χ1v) is 6.05. The van der Waals surface area contributed by atoms with Crippen LogP contribution in [0, 0.1) is 11.3 Å². The minimum atomic E-state index is 0.347. The molecule has 2 rings (SSSR count). The molecule has 2 N–H and O–H groups in total. The van der Waals surface area contributed by atoms with Gasteiger partial charge in [-0.3, -0.25) is 0 Å². The first-order chi connectivity index (χ1) is 8.54. The van der Waals surface area contributed by atoms with Gasteiger partial charge in [0.15, 0.2) is 5.82 Å². The average Bonchev–Trinajstić information content (AvgIpc) is 2.66. The summed E-state index contributed by atoms with van der Waals surface area (Å²) >= 11 is 3.40. The van der Waals surface area contributed by atoms with E-state index in [2.05, 4.69) is 27.1 Å². The summed E-state index contributed by atoms with van der Waals surface area (Å²) in [6, 6.07) is 9.67. The van der Waals surface area contributed by atoms with Crippen LogP contribution < -0.4 is 10.6 Å². The van der Waals surface area contributed by atoms with Crippen LogP contribution in [0.4, 0.5) is 11.6 Å². The molecule has 0 atom stereocenters. The smallest absolute Gasteiger partial charge is 0.170 e. The van der Waals surface area contributed by atoms with E-state index in [1.807, 2.05) is 38.4 Å². The van der Waals surface area contributed by atoms with Crippen molar-refractivity contribution >= 4 is 27.6 Å². The van der Waals surface area contributed by atoms with Gasteiger partial charge in [0, 0.05) is 18.6 Å². The fraction of sp³-hybridized carbons (Fsp3) is 0.167. The molecule has 0 radical (unpaired) electrons. The maximum Gasteiger partial charge on any atom is 0.170 e. The van der Waals surface area contributed by atoms with Crippen LogP contribution in [-0.2, 0) is 0 Å². The van der Waals surface area contributed by atoms with Gasteiger partial charge >= 0.3 is 0 Å². The highest BCUT2D eigenvalue weighted by Gasteiger charge is 2.17. The summed E-state index contributed by atoms with van der Waals surface area (Å²) in [5.74, 6) is 0.911.